The Kier molecular flexibility index (Phi) is 9.34. The third-order valence-electron chi connectivity index (χ3n) is 7.54. The molecule has 1 atom stereocenters. The molecule has 0 radical (unpaired) electrons. The smallest absolute Gasteiger partial charge is 0.251 e. The van der Waals surface area contributed by atoms with Gasteiger partial charge in [-0.25, -0.2) is 13.4 Å². The van der Waals surface area contributed by atoms with E-state index in [1.807, 2.05) is 54.0 Å². The average molecular weight is 588 g/mol. The first-order valence-electron chi connectivity index (χ1n) is 14.6. The SMILES string of the molecule is CCC[C@@H](NC(=O)c1ccccc1)c1nc2ccccc2n1CC(=O)Nc1cccc(S(=O)(=O)N2CCCCCC2)c1. The summed E-state index contributed by atoms with van der Waals surface area (Å²) in [6.07, 6.45) is 5.20. The molecule has 2 heterocycles. The number of hydrogen-bond donors (Lipinski definition) is 2. The largest absolute Gasteiger partial charge is 0.342 e. The zero-order valence-electron chi connectivity index (χ0n) is 23.8. The lowest BCUT2D eigenvalue weighted by molar-refractivity contribution is -0.116. The Hall–Kier alpha value is -4.02. The van der Waals surface area contributed by atoms with E-state index in [4.69, 9.17) is 4.98 Å². The van der Waals surface area contributed by atoms with Gasteiger partial charge < -0.3 is 15.2 Å². The van der Waals surface area contributed by atoms with Crippen LogP contribution in [0.3, 0.4) is 0 Å². The highest BCUT2D eigenvalue weighted by molar-refractivity contribution is 7.89. The van der Waals surface area contributed by atoms with Gasteiger partial charge in [-0.2, -0.15) is 4.31 Å². The second kappa shape index (κ2) is 13.3. The van der Waals surface area contributed by atoms with Crippen molar-refractivity contribution in [2.75, 3.05) is 18.4 Å². The van der Waals surface area contributed by atoms with Crippen LogP contribution in [0.2, 0.25) is 0 Å². The van der Waals surface area contributed by atoms with Gasteiger partial charge in [-0.3, -0.25) is 9.59 Å². The summed E-state index contributed by atoms with van der Waals surface area (Å²) in [7, 11) is -3.65. The van der Waals surface area contributed by atoms with E-state index < -0.39 is 16.1 Å². The Balaban J connectivity index is 1.39. The fourth-order valence-corrected chi connectivity index (χ4v) is 6.98. The summed E-state index contributed by atoms with van der Waals surface area (Å²) < 4.78 is 30.0. The maximum Gasteiger partial charge on any atom is 0.251 e. The molecule has 4 aromatic rings. The average Bonchev–Trinajstić information content (AvgIpc) is 3.15. The summed E-state index contributed by atoms with van der Waals surface area (Å²) in [6.45, 7) is 3.00. The monoisotopic (exact) mass is 587 g/mol. The number of nitrogens with zero attached hydrogens (tertiary/aromatic N) is 3. The molecule has 1 aromatic heterocycles. The van der Waals surface area contributed by atoms with Crippen molar-refractivity contribution in [3.05, 3.63) is 90.3 Å². The molecular formula is C32H37N5O4S. The highest BCUT2D eigenvalue weighted by Gasteiger charge is 2.26. The van der Waals surface area contributed by atoms with Crippen molar-refractivity contribution in [1.82, 2.24) is 19.2 Å². The number of sulfonamides is 1. The number of carbonyl (C=O) groups excluding carboxylic acids is 2. The van der Waals surface area contributed by atoms with Crippen molar-refractivity contribution in [2.45, 2.75) is 62.9 Å². The third kappa shape index (κ3) is 6.71. The quantitative estimate of drug-likeness (QED) is 0.254. The lowest BCUT2D eigenvalue weighted by Crippen LogP contribution is -2.32. The molecule has 0 unspecified atom stereocenters. The van der Waals surface area contributed by atoms with Crippen LogP contribution in [0.5, 0.6) is 0 Å². The van der Waals surface area contributed by atoms with Crippen LogP contribution in [-0.4, -0.2) is 47.2 Å². The second-order valence-electron chi connectivity index (χ2n) is 10.6. The van der Waals surface area contributed by atoms with Crippen molar-refractivity contribution in [3.63, 3.8) is 0 Å². The lowest BCUT2D eigenvalue weighted by Gasteiger charge is -2.21. The number of aromatic nitrogens is 2. The molecule has 42 heavy (non-hydrogen) atoms. The van der Waals surface area contributed by atoms with Crippen LogP contribution >= 0.6 is 0 Å². The van der Waals surface area contributed by atoms with E-state index in [0.717, 1.165) is 43.1 Å². The summed E-state index contributed by atoms with van der Waals surface area (Å²) in [6, 6.07) is 22.6. The zero-order chi connectivity index (χ0) is 29.5. The van der Waals surface area contributed by atoms with Gasteiger partial charge in [-0.05, 0) is 61.7 Å². The molecule has 0 bridgehead atoms. The molecule has 5 rings (SSSR count). The fourth-order valence-electron chi connectivity index (χ4n) is 5.42. The van der Waals surface area contributed by atoms with Gasteiger partial charge in [0, 0.05) is 24.3 Å². The van der Waals surface area contributed by atoms with Crippen LogP contribution in [0.4, 0.5) is 5.69 Å². The number of anilines is 1. The Bertz CT molecular complexity index is 1640. The van der Waals surface area contributed by atoms with Crippen LogP contribution in [-0.2, 0) is 21.4 Å². The molecule has 2 N–H and O–H groups in total. The molecule has 9 nitrogen and oxygen atoms in total. The first-order chi connectivity index (χ1) is 20.4. The van der Waals surface area contributed by atoms with Gasteiger partial charge in [0.15, 0.2) is 0 Å². The van der Waals surface area contributed by atoms with Gasteiger partial charge in [-0.15, -0.1) is 0 Å². The van der Waals surface area contributed by atoms with Crippen LogP contribution in [0, 0.1) is 0 Å². The van der Waals surface area contributed by atoms with Crippen LogP contribution in [0.25, 0.3) is 11.0 Å². The Morgan fingerprint density at radius 1 is 0.905 bits per heavy atom. The predicted octanol–water partition coefficient (Wildman–Crippen LogP) is 5.51. The Morgan fingerprint density at radius 2 is 1.62 bits per heavy atom. The second-order valence-corrected chi connectivity index (χ2v) is 12.6. The lowest BCUT2D eigenvalue weighted by atomic mass is 10.1. The number of hydrogen-bond acceptors (Lipinski definition) is 5. The molecule has 3 aromatic carbocycles. The molecule has 1 aliphatic heterocycles. The topological polar surface area (TPSA) is 113 Å². The minimum atomic E-state index is -3.65. The van der Waals surface area contributed by atoms with E-state index in [9.17, 15) is 18.0 Å². The molecule has 0 saturated carbocycles. The summed E-state index contributed by atoms with van der Waals surface area (Å²) >= 11 is 0. The normalized spacial score (nSPS) is 15.2. The van der Waals surface area contributed by atoms with Gasteiger partial charge in [0.1, 0.15) is 12.4 Å². The Morgan fingerprint density at radius 3 is 2.36 bits per heavy atom. The number of nitrogens with one attached hydrogen (secondary N) is 2. The first-order valence-corrected chi connectivity index (χ1v) is 16.0. The summed E-state index contributed by atoms with van der Waals surface area (Å²) in [5.41, 5.74) is 2.45. The van der Waals surface area contributed by atoms with Crippen LogP contribution in [0.15, 0.2) is 83.8 Å². The van der Waals surface area contributed by atoms with E-state index >= 15 is 0 Å². The van der Waals surface area contributed by atoms with Crippen LogP contribution in [0.1, 0.15) is 67.7 Å². The molecule has 2 amide bonds. The van der Waals surface area contributed by atoms with Gasteiger partial charge in [0.25, 0.3) is 5.91 Å². The molecular weight excluding hydrogens is 550 g/mol. The number of amides is 2. The third-order valence-corrected chi connectivity index (χ3v) is 9.43. The fraction of sp³-hybridized carbons (Fsp3) is 0.344. The minimum absolute atomic E-state index is 0.0552. The van der Waals surface area contributed by atoms with E-state index in [-0.39, 0.29) is 23.3 Å². The maximum absolute atomic E-state index is 13.4. The van der Waals surface area contributed by atoms with E-state index in [2.05, 4.69) is 10.6 Å². The standard InChI is InChI=1S/C32H37N5O4S/c1-2-13-28(35-32(39)24-14-6-5-7-15-24)31-34-27-18-8-9-19-29(27)37(31)23-30(38)33-25-16-12-17-26(22-25)42(40,41)36-20-10-3-4-11-21-36/h5-9,12,14-19,22,28H,2-4,10-11,13,20-21,23H2,1H3,(H,33,38)(H,35,39)/t28-/m1/s1. The summed E-state index contributed by atoms with van der Waals surface area (Å²) in [4.78, 5) is 31.5. The van der Waals surface area contributed by atoms with Crippen molar-refractivity contribution >= 4 is 38.6 Å². The number of para-hydroxylation sites is 2. The van der Waals surface area contributed by atoms with Crippen molar-refractivity contribution in [3.8, 4) is 0 Å². The van der Waals surface area contributed by atoms with E-state index in [1.54, 1.807) is 34.6 Å². The Labute approximate surface area is 247 Å². The number of carbonyl (C=O) groups is 2. The molecule has 220 valence electrons. The predicted molar refractivity (Wildman–Crippen MR) is 164 cm³/mol. The number of imidazole rings is 1. The van der Waals surface area contributed by atoms with E-state index in [0.29, 0.717) is 36.6 Å². The molecule has 1 aliphatic rings. The highest BCUT2D eigenvalue weighted by Crippen LogP contribution is 2.26. The number of fused-ring (bicyclic) bond motifs is 1. The summed E-state index contributed by atoms with van der Waals surface area (Å²) in [5, 5.41) is 5.99. The number of benzene rings is 3. The van der Waals surface area contributed by atoms with Crippen LogP contribution < -0.4 is 10.6 Å². The maximum atomic E-state index is 13.4. The summed E-state index contributed by atoms with van der Waals surface area (Å²) in [5.74, 6) is 0.0582. The van der Waals surface area contributed by atoms with Crippen molar-refractivity contribution in [1.29, 1.82) is 0 Å². The molecule has 0 spiro atoms. The molecule has 1 fully saturated rings. The van der Waals surface area contributed by atoms with Crippen molar-refractivity contribution in [2.24, 2.45) is 0 Å². The highest BCUT2D eigenvalue weighted by atomic mass is 32.2. The minimum Gasteiger partial charge on any atom is -0.342 e. The zero-order valence-corrected chi connectivity index (χ0v) is 24.6. The number of rotatable bonds is 10. The van der Waals surface area contributed by atoms with E-state index in [1.165, 1.54) is 6.07 Å². The molecule has 10 heteroatoms. The van der Waals surface area contributed by atoms with Crippen molar-refractivity contribution < 1.29 is 18.0 Å². The molecule has 1 saturated heterocycles. The molecule has 0 aliphatic carbocycles. The van der Waals surface area contributed by atoms with Gasteiger partial charge in [-0.1, -0.05) is 62.6 Å². The first kappa shape index (κ1) is 29.5. The van der Waals surface area contributed by atoms with Gasteiger partial charge in [0.2, 0.25) is 15.9 Å². The van der Waals surface area contributed by atoms with Gasteiger partial charge in [0.05, 0.1) is 22.0 Å². The van der Waals surface area contributed by atoms with Gasteiger partial charge >= 0.3 is 0 Å².